The van der Waals surface area contributed by atoms with E-state index in [4.69, 9.17) is 16.7 Å². The number of hydrogen-bond donors (Lipinski definition) is 0. The number of hydrogen-bond acceptors (Lipinski definition) is 0. The van der Waals surface area contributed by atoms with Gasteiger partial charge in [0.15, 0.2) is 0 Å². The first-order valence-electron chi connectivity index (χ1n) is 5.48. The van der Waals surface area contributed by atoms with Crippen molar-refractivity contribution in [2.45, 2.75) is 25.6 Å². The Labute approximate surface area is 115 Å². The first-order valence-corrected chi connectivity index (χ1v) is 4.32. The van der Waals surface area contributed by atoms with E-state index < -0.39 is 0 Å². The summed E-state index contributed by atoms with van der Waals surface area (Å²) < 4.78 is 37.9. The first kappa shape index (κ1) is 16.0. The van der Waals surface area contributed by atoms with Crippen LogP contribution >= 0.6 is 0 Å². The van der Waals surface area contributed by atoms with Gasteiger partial charge >= 0.3 is 33.9 Å². The fraction of sp³-hybridized carbons (Fsp3) is 0.308. The van der Waals surface area contributed by atoms with Crippen molar-refractivity contribution in [3.8, 4) is 0 Å². The summed E-state index contributed by atoms with van der Waals surface area (Å²) >= 11 is 0. The molecule has 0 amide bonds. The number of benzene rings is 1. The molecule has 0 saturated carbocycles. The van der Waals surface area contributed by atoms with Crippen molar-refractivity contribution in [2.24, 2.45) is 0 Å². The van der Waals surface area contributed by atoms with E-state index in [0.29, 0.717) is 0 Å². The monoisotopic (exact) mass is 270 g/mol. The Bertz CT molecular complexity index is 390. The molecule has 1 aromatic carbocycles. The van der Waals surface area contributed by atoms with Crippen LogP contribution in [-0.4, -0.2) is 0 Å². The quantitative estimate of drug-likeness (QED) is 0.513. The minimum Gasteiger partial charge on any atom is 0 e. The molecule has 2 atom stereocenters. The van der Waals surface area contributed by atoms with Gasteiger partial charge < -0.3 is 0 Å². The molecule has 0 fully saturated rings. The average molecular weight is 270 g/mol. The van der Waals surface area contributed by atoms with Crippen LogP contribution < -0.4 is 0 Å². The summed E-state index contributed by atoms with van der Waals surface area (Å²) in [4.78, 5) is 0. The molecule has 0 aliphatic heterocycles. The second kappa shape index (κ2) is 17.4. The number of fused-ring (bicyclic) bond motifs is 1. The van der Waals surface area contributed by atoms with E-state index in [0.717, 1.165) is 18.4 Å². The second-order valence-corrected chi connectivity index (χ2v) is 2.64. The van der Waals surface area contributed by atoms with Gasteiger partial charge in [-0.2, -0.15) is 0 Å². The zero-order valence-electron chi connectivity index (χ0n) is 11.0. The summed E-state index contributed by atoms with van der Waals surface area (Å²) in [6, 6.07) is 8.02. The van der Waals surface area contributed by atoms with Gasteiger partial charge in [-0.05, 0) is 36.8 Å². The minimum atomic E-state index is -0.324. The Hall–Kier alpha value is -1.03. The Morgan fingerprint density at radius 2 is 1.41 bits per heavy atom. The van der Waals surface area contributed by atoms with Crippen LogP contribution in [0, 0.1) is 20.0 Å². The first-order chi connectivity index (χ1) is 8.79. The van der Waals surface area contributed by atoms with Crippen molar-refractivity contribution in [1.29, 1.82) is 0 Å². The normalized spacial score (nSPS) is 20.4. The summed E-state index contributed by atoms with van der Waals surface area (Å²) in [6.07, 6.45) is 1.26. The summed E-state index contributed by atoms with van der Waals surface area (Å²) in [7, 11) is 0. The summed E-state index contributed by atoms with van der Waals surface area (Å²) in [5, 5.41) is 0. The van der Waals surface area contributed by atoms with Crippen LogP contribution in [0.1, 0.15) is 26.7 Å². The molecule has 1 aliphatic rings. The molecule has 0 unspecified atom stereocenters. The van der Waals surface area contributed by atoms with Crippen molar-refractivity contribution in [2.75, 3.05) is 0 Å². The SMILES string of the molecule is [2H][C@@H]1c2ccccc2CC[C@@H]1[2H].[C-]#[O+].[C-]#[O+].[C-]#[O+].[Cr]. The summed E-state index contributed by atoms with van der Waals surface area (Å²) in [6.45, 7) is 13.5. The van der Waals surface area contributed by atoms with Gasteiger partial charge in [0.05, 0.1) is 0 Å². The Balaban J connectivity index is -0.000000325. The van der Waals surface area contributed by atoms with Gasteiger partial charge in [-0.25, -0.2) is 0 Å². The van der Waals surface area contributed by atoms with E-state index in [-0.39, 0.29) is 30.2 Å². The third kappa shape index (κ3) is 8.75. The number of aryl methyl sites for hydroxylation is 2. The predicted molar refractivity (Wildman–Crippen MR) is 54.9 cm³/mol. The Morgan fingerprint density at radius 3 is 1.94 bits per heavy atom. The van der Waals surface area contributed by atoms with Crippen LogP contribution in [-0.2, 0) is 44.1 Å². The van der Waals surface area contributed by atoms with E-state index >= 15 is 0 Å². The molecule has 0 saturated heterocycles. The molecule has 0 aromatic heterocycles. The number of rotatable bonds is 0. The Kier molecular flexibility index (Phi) is 16.3. The van der Waals surface area contributed by atoms with Gasteiger partial charge in [-0.1, -0.05) is 24.3 Å². The molecule has 1 aromatic rings. The van der Waals surface area contributed by atoms with Gasteiger partial charge in [0, 0.05) is 20.1 Å². The molecule has 0 spiro atoms. The van der Waals surface area contributed by atoms with Crippen molar-refractivity contribution < 1.29 is 34.1 Å². The molecule has 17 heavy (non-hydrogen) atoms. The molecule has 0 N–H and O–H groups in total. The van der Waals surface area contributed by atoms with Crippen LogP contribution in [0.2, 0.25) is 0 Å². The van der Waals surface area contributed by atoms with Crippen LogP contribution in [0.3, 0.4) is 0 Å². The van der Waals surface area contributed by atoms with E-state index in [1.54, 1.807) is 0 Å². The Morgan fingerprint density at radius 1 is 0.941 bits per heavy atom. The zero-order chi connectivity index (χ0) is 14.6. The average Bonchev–Trinajstić information content (AvgIpc) is 2.49. The van der Waals surface area contributed by atoms with Crippen molar-refractivity contribution in [1.82, 2.24) is 0 Å². The molecule has 0 heterocycles. The molecule has 88 valence electrons. The van der Waals surface area contributed by atoms with E-state index in [2.05, 4.69) is 26.0 Å². The van der Waals surface area contributed by atoms with E-state index in [9.17, 15) is 0 Å². The van der Waals surface area contributed by atoms with E-state index in [1.807, 2.05) is 18.2 Å². The van der Waals surface area contributed by atoms with Crippen molar-refractivity contribution >= 4 is 0 Å². The molecule has 1 aliphatic carbocycles. The minimum absolute atomic E-state index is 0. The third-order valence-electron chi connectivity index (χ3n) is 1.93. The largest absolute Gasteiger partial charge is 0 e. The molecular formula is C13H12CrO3. The van der Waals surface area contributed by atoms with Crippen LogP contribution in [0.4, 0.5) is 0 Å². The third-order valence-corrected chi connectivity index (χ3v) is 1.93. The van der Waals surface area contributed by atoms with Gasteiger partial charge in [0.25, 0.3) is 0 Å². The molecule has 2 rings (SSSR count). The standard InChI is InChI=1S/C10H12.3CO.Cr/c1-2-6-10-8-4-3-7-9(10)5-1;3*1-2;/h1-2,5-6H,3-4,7-8H2;;;;/i3D,7D;;;;/t3-,7-;;;;/m0..../s1. The smallest absolute Gasteiger partial charge is 0 e. The topological polar surface area (TPSA) is 59.7 Å². The van der Waals surface area contributed by atoms with Crippen LogP contribution in [0.25, 0.3) is 0 Å². The zero-order valence-corrected chi connectivity index (χ0v) is 10.3. The molecule has 0 bridgehead atoms. The van der Waals surface area contributed by atoms with E-state index in [1.165, 1.54) is 5.56 Å². The van der Waals surface area contributed by atoms with Crippen molar-refractivity contribution in [3.05, 3.63) is 55.3 Å². The maximum Gasteiger partial charge on any atom is 0 e. The van der Waals surface area contributed by atoms with Gasteiger partial charge in [0.1, 0.15) is 0 Å². The summed E-state index contributed by atoms with van der Waals surface area (Å²) in [5.74, 6) is 0. The predicted octanol–water partition coefficient (Wildman–Crippen LogP) is 2.45. The molecular weight excluding hydrogens is 256 g/mol. The molecule has 4 heteroatoms. The fourth-order valence-corrected chi connectivity index (χ4v) is 1.37. The van der Waals surface area contributed by atoms with Crippen LogP contribution in [0.5, 0.6) is 0 Å². The van der Waals surface area contributed by atoms with Gasteiger partial charge in [-0.15, -0.1) is 0 Å². The fourth-order valence-electron chi connectivity index (χ4n) is 1.37. The van der Waals surface area contributed by atoms with Crippen molar-refractivity contribution in [3.63, 3.8) is 0 Å². The maximum atomic E-state index is 7.77. The summed E-state index contributed by atoms with van der Waals surface area (Å²) in [5.41, 5.74) is 2.32. The van der Waals surface area contributed by atoms with Crippen LogP contribution in [0.15, 0.2) is 24.3 Å². The van der Waals surface area contributed by atoms with Gasteiger partial charge in [-0.3, -0.25) is 0 Å². The second-order valence-electron chi connectivity index (χ2n) is 2.64. The maximum absolute atomic E-state index is 7.77. The molecule has 3 nitrogen and oxygen atoms in total. The van der Waals surface area contributed by atoms with Gasteiger partial charge in [0.2, 0.25) is 0 Å². The molecule has 0 radical (unpaired) electrons.